The summed E-state index contributed by atoms with van der Waals surface area (Å²) in [4.78, 5) is 12.0. The Morgan fingerprint density at radius 3 is 2.72 bits per heavy atom. The number of nitrogens with zero attached hydrogens (tertiary/aromatic N) is 2. The summed E-state index contributed by atoms with van der Waals surface area (Å²) in [5.74, 6) is 0. The molecule has 0 radical (unpaired) electrons. The van der Waals surface area contributed by atoms with Gasteiger partial charge in [-0.05, 0) is 18.2 Å². The van der Waals surface area contributed by atoms with Crippen LogP contribution in [0, 0.1) is 0 Å². The van der Waals surface area contributed by atoms with Crippen molar-refractivity contribution in [2.75, 3.05) is 0 Å². The van der Waals surface area contributed by atoms with E-state index in [0.29, 0.717) is 11.1 Å². The molecule has 4 aromatic rings. The number of hydrogen-bond acceptors (Lipinski definition) is 3. The topological polar surface area (TPSA) is 47.5 Å². The molecule has 2 aromatic carbocycles. The quantitative estimate of drug-likeness (QED) is 0.471. The van der Waals surface area contributed by atoms with Crippen molar-refractivity contribution in [1.82, 2.24) is 9.61 Å². The summed E-state index contributed by atoms with van der Waals surface area (Å²) in [5, 5.41) is 5.28. The molecule has 86 valence electrons. The zero-order valence-corrected chi connectivity index (χ0v) is 9.33. The molecule has 0 fully saturated rings. The molecule has 0 aliphatic carbocycles. The number of aromatic nitrogens is 2. The molecule has 18 heavy (non-hydrogen) atoms. The van der Waals surface area contributed by atoms with E-state index in [9.17, 15) is 4.79 Å². The van der Waals surface area contributed by atoms with E-state index in [4.69, 9.17) is 4.42 Å². The minimum atomic E-state index is -0.359. The van der Waals surface area contributed by atoms with Gasteiger partial charge < -0.3 is 4.42 Å². The number of benzene rings is 2. The van der Waals surface area contributed by atoms with E-state index in [1.54, 1.807) is 10.6 Å². The highest BCUT2D eigenvalue weighted by molar-refractivity contribution is 5.95. The fourth-order valence-corrected chi connectivity index (χ4v) is 2.27. The van der Waals surface area contributed by atoms with Crippen molar-refractivity contribution in [3.05, 3.63) is 59.0 Å². The molecule has 0 atom stereocenters. The molecule has 4 heteroatoms. The lowest BCUT2D eigenvalue weighted by Crippen LogP contribution is -2.04. The van der Waals surface area contributed by atoms with Gasteiger partial charge in [-0.25, -0.2) is 9.31 Å². The molecule has 2 heterocycles. The van der Waals surface area contributed by atoms with Gasteiger partial charge in [-0.1, -0.05) is 30.3 Å². The van der Waals surface area contributed by atoms with Crippen LogP contribution in [0.15, 0.2) is 57.7 Å². The highest BCUT2D eigenvalue weighted by Gasteiger charge is 2.12. The average Bonchev–Trinajstić information content (AvgIpc) is 2.79. The molecular weight excluding hydrogens is 228 g/mol. The molecule has 0 spiro atoms. The van der Waals surface area contributed by atoms with Crippen molar-refractivity contribution in [3.63, 3.8) is 0 Å². The predicted octanol–water partition coefficient (Wildman–Crippen LogP) is 2.59. The van der Waals surface area contributed by atoms with Crippen molar-refractivity contribution >= 4 is 27.5 Å². The SMILES string of the molecule is O=c1oc2ccccc2n2nc3ccccc3c12. The molecule has 0 aliphatic heterocycles. The summed E-state index contributed by atoms with van der Waals surface area (Å²) in [6, 6.07) is 14.9. The molecule has 4 nitrogen and oxygen atoms in total. The predicted molar refractivity (Wildman–Crippen MR) is 68.7 cm³/mol. The minimum absolute atomic E-state index is 0.359. The second kappa shape index (κ2) is 3.20. The van der Waals surface area contributed by atoms with E-state index in [0.717, 1.165) is 16.4 Å². The molecule has 0 saturated carbocycles. The number of fused-ring (bicyclic) bond motifs is 5. The number of hydrogen-bond donors (Lipinski definition) is 0. The second-order valence-corrected chi connectivity index (χ2v) is 4.13. The van der Waals surface area contributed by atoms with Gasteiger partial charge in [0.05, 0.1) is 5.52 Å². The smallest absolute Gasteiger partial charge is 0.363 e. The van der Waals surface area contributed by atoms with Gasteiger partial charge in [0, 0.05) is 5.39 Å². The maximum Gasteiger partial charge on any atom is 0.363 e. The first kappa shape index (κ1) is 9.41. The van der Waals surface area contributed by atoms with E-state index in [-0.39, 0.29) is 5.63 Å². The summed E-state index contributed by atoms with van der Waals surface area (Å²) in [5.41, 5.74) is 2.26. The van der Waals surface area contributed by atoms with Crippen LogP contribution in [-0.4, -0.2) is 9.61 Å². The second-order valence-electron chi connectivity index (χ2n) is 4.13. The van der Waals surface area contributed by atoms with Gasteiger partial charge >= 0.3 is 5.63 Å². The van der Waals surface area contributed by atoms with Gasteiger partial charge in [-0.2, -0.15) is 5.10 Å². The molecule has 0 aliphatic rings. The normalized spacial score (nSPS) is 11.6. The fourth-order valence-electron chi connectivity index (χ4n) is 2.27. The zero-order valence-electron chi connectivity index (χ0n) is 9.33. The molecule has 0 amide bonds. The van der Waals surface area contributed by atoms with Crippen LogP contribution in [0.3, 0.4) is 0 Å². The van der Waals surface area contributed by atoms with Crippen LogP contribution in [-0.2, 0) is 0 Å². The van der Waals surface area contributed by atoms with E-state index in [2.05, 4.69) is 5.10 Å². The highest BCUT2D eigenvalue weighted by Crippen LogP contribution is 2.20. The third kappa shape index (κ3) is 1.09. The molecule has 2 aromatic heterocycles. The Bertz CT molecular complexity index is 950. The highest BCUT2D eigenvalue weighted by atomic mass is 16.4. The van der Waals surface area contributed by atoms with E-state index in [1.807, 2.05) is 42.5 Å². The lowest BCUT2D eigenvalue weighted by atomic mass is 10.2. The van der Waals surface area contributed by atoms with Crippen LogP contribution in [0.5, 0.6) is 0 Å². The van der Waals surface area contributed by atoms with Gasteiger partial charge in [-0.3, -0.25) is 0 Å². The molecule has 0 bridgehead atoms. The van der Waals surface area contributed by atoms with E-state index >= 15 is 0 Å². The molecular formula is C14H8N2O2. The third-order valence-corrected chi connectivity index (χ3v) is 3.07. The largest absolute Gasteiger partial charge is 0.419 e. The number of para-hydroxylation sites is 2. The van der Waals surface area contributed by atoms with Crippen LogP contribution < -0.4 is 5.63 Å². The molecule has 4 rings (SSSR count). The Morgan fingerprint density at radius 2 is 1.78 bits per heavy atom. The lowest BCUT2D eigenvalue weighted by Gasteiger charge is -1.98. The van der Waals surface area contributed by atoms with Crippen molar-refractivity contribution < 1.29 is 4.42 Å². The van der Waals surface area contributed by atoms with Crippen molar-refractivity contribution in [2.45, 2.75) is 0 Å². The van der Waals surface area contributed by atoms with Crippen LogP contribution in [0.4, 0.5) is 0 Å². The van der Waals surface area contributed by atoms with Crippen LogP contribution in [0.25, 0.3) is 27.5 Å². The van der Waals surface area contributed by atoms with Crippen molar-refractivity contribution in [1.29, 1.82) is 0 Å². The van der Waals surface area contributed by atoms with Crippen molar-refractivity contribution in [3.8, 4) is 0 Å². The van der Waals surface area contributed by atoms with Crippen LogP contribution >= 0.6 is 0 Å². The van der Waals surface area contributed by atoms with E-state index in [1.165, 1.54) is 0 Å². The fraction of sp³-hybridized carbons (Fsp3) is 0. The van der Waals surface area contributed by atoms with Crippen molar-refractivity contribution in [2.24, 2.45) is 0 Å². The summed E-state index contributed by atoms with van der Waals surface area (Å²) in [6.07, 6.45) is 0. The summed E-state index contributed by atoms with van der Waals surface area (Å²) < 4.78 is 6.98. The summed E-state index contributed by atoms with van der Waals surface area (Å²) >= 11 is 0. The average molecular weight is 236 g/mol. The van der Waals surface area contributed by atoms with Gasteiger partial charge in [0.15, 0.2) is 11.1 Å². The zero-order chi connectivity index (χ0) is 12.1. The van der Waals surface area contributed by atoms with Gasteiger partial charge in [0.1, 0.15) is 5.52 Å². The van der Waals surface area contributed by atoms with Gasteiger partial charge in [-0.15, -0.1) is 0 Å². The van der Waals surface area contributed by atoms with Crippen LogP contribution in [0.2, 0.25) is 0 Å². The summed E-state index contributed by atoms with van der Waals surface area (Å²) in [7, 11) is 0. The Kier molecular flexibility index (Phi) is 1.67. The molecule has 0 saturated heterocycles. The Labute approximate surface area is 101 Å². The summed E-state index contributed by atoms with van der Waals surface area (Å²) in [6.45, 7) is 0. The van der Waals surface area contributed by atoms with E-state index < -0.39 is 0 Å². The molecule has 0 unspecified atom stereocenters. The van der Waals surface area contributed by atoms with Crippen LogP contribution in [0.1, 0.15) is 0 Å². The molecule has 0 N–H and O–H groups in total. The Morgan fingerprint density at radius 1 is 1.00 bits per heavy atom. The monoisotopic (exact) mass is 236 g/mol. The minimum Gasteiger partial charge on any atom is -0.419 e. The first-order valence-corrected chi connectivity index (χ1v) is 5.64. The maximum absolute atomic E-state index is 12.0. The third-order valence-electron chi connectivity index (χ3n) is 3.07. The Balaban J connectivity index is 2.42. The standard InChI is InChI=1S/C14H8N2O2/c17-14-13-9-5-1-2-6-10(9)15-16(13)11-7-3-4-8-12(11)18-14/h1-8H. The lowest BCUT2D eigenvalue weighted by molar-refractivity contribution is 0.560. The maximum atomic E-state index is 12.0. The number of rotatable bonds is 0. The Hall–Kier alpha value is -2.62. The van der Waals surface area contributed by atoms with Gasteiger partial charge in [0.25, 0.3) is 0 Å². The first-order valence-electron chi connectivity index (χ1n) is 5.64. The first-order chi connectivity index (χ1) is 8.84. The van der Waals surface area contributed by atoms with Gasteiger partial charge in [0.2, 0.25) is 0 Å².